The highest BCUT2D eigenvalue weighted by molar-refractivity contribution is 5.86. The third-order valence-electron chi connectivity index (χ3n) is 4.39. The van der Waals surface area contributed by atoms with Gasteiger partial charge in [0, 0.05) is 25.7 Å². The van der Waals surface area contributed by atoms with Gasteiger partial charge in [-0.05, 0) is 24.8 Å². The van der Waals surface area contributed by atoms with Gasteiger partial charge in [-0.15, -0.1) is 0 Å². The van der Waals surface area contributed by atoms with E-state index in [1.165, 1.54) is 0 Å². The number of aromatic amines is 1. The maximum atomic E-state index is 12.2. The number of hydrogen-bond acceptors (Lipinski definition) is 4. The minimum atomic E-state index is -1.42. The molecule has 1 amide bonds. The van der Waals surface area contributed by atoms with Gasteiger partial charge in [-0.3, -0.25) is 19.1 Å². The molecule has 1 aromatic carbocycles. The van der Waals surface area contributed by atoms with Gasteiger partial charge in [-0.1, -0.05) is 36.8 Å². The van der Waals surface area contributed by atoms with Crippen LogP contribution in [0.15, 0.2) is 40.1 Å². The molecule has 2 aromatic rings. The second kappa shape index (κ2) is 8.98. The number of carbonyl (C=O) groups is 2. The maximum absolute atomic E-state index is 12.2. The average molecular weight is 373 g/mol. The molecule has 144 valence electrons. The fourth-order valence-electron chi connectivity index (χ4n) is 2.78. The molecule has 3 N–H and O–H groups in total. The summed E-state index contributed by atoms with van der Waals surface area (Å²) in [4.78, 5) is 48.3. The topological polar surface area (TPSA) is 121 Å². The van der Waals surface area contributed by atoms with Gasteiger partial charge in [0.1, 0.15) is 5.56 Å². The van der Waals surface area contributed by atoms with Gasteiger partial charge >= 0.3 is 11.7 Å². The smallest absolute Gasteiger partial charge is 0.342 e. The van der Waals surface area contributed by atoms with E-state index in [2.05, 4.69) is 5.32 Å². The summed E-state index contributed by atoms with van der Waals surface area (Å²) in [5.41, 5.74) is 0.0692. The molecule has 27 heavy (non-hydrogen) atoms. The van der Waals surface area contributed by atoms with Gasteiger partial charge in [0.2, 0.25) is 5.91 Å². The summed E-state index contributed by atoms with van der Waals surface area (Å²) in [6.07, 6.45) is 2.12. The van der Waals surface area contributed by atoms with E-state index in [1.54, 1.807) is 0 Å². The number of aromatic nitrogens is 2. The van der Waals surface area contributed by atoms with Crippen LogP contribution in [0, 0.1) is 6.92 Å². The van der Waals surface area contributed by atoms with Gasteiger partial charge in [0.25, 0.3) is 5.56 Å². The number of H-pyrrole nitrogens is 1. The molecule has 0 saturated carbocycles. The Balaban J connectivity index is 1.95. The second-order valence-corrected chi connectivity index (χ2v) is 6.37. The van der Waals surface area contributed by atoms with Crippen molar-refractivity contribution in [3.05, 3.63) is 68.0 Å². The monoisotopic (exact) mass is 373 g/mol. The molecule has 8 heteroatoms. The second-order valence-electron chi connectivity index (χ2n) is 6.37. The molecular formula is C19H23N3O5. The van der Waals surface area contributed by atoms with Crippen molar-refractivity contribution in [3.63, 3.8) is 0 Å². The van der Waals surface area contributed by atoms with Crippen molar-refractivity contribution < 1.29 is 14.7 Å². The van der Waals surface area contributed by atoms with E-state index < -0.39 is 22.8 Å². The van der Waals surface area contributed by atoms with Crippen LogP contribution in [0.25, 0.3) is 0 Å². The highest BCUT2D eigenvalue weighted by atomic mass is 16.4. The predicted molar refractivity (Wildman–Crippen MR) is 100 cm³/mol. The summed E-state index contributed by atoms with van der Waals surface area (Å²) in [7, 11) is 0. The molecule has 0 saturated heterocycles. The van der Waals surface area contributed by atoms with Crippen molar-refractivity contribution in [3.8, 4) is 0 Å². The van der Waals surface area contributed by atoms with Crippen LogP contribution in [0.2, 0.25) is 0 Å². The van der Waals surface area contributed by atoms with E-state index >= 15 is 0 Å². The normalized spacial score (nSPS) is 11.8. The third kappa shape index (κ3) is 5.40. The first kappa shape index (κ1) is 20.2. The molecule has 2 rings (SSSR count). The van der Waals surface area contributed by atoms with Crippen molar-refractivity contribution in [2.45, 2.75) is 39.2 Å². The Kier molecular flexibility index (Phi) is 6.70. The van der Waals surface area contributed by atoms with Crippen LogP contribution in [0.4, 0.5) is 0 Å². The van der Waals surface area contributed by atoms with Crippen LogP contribution in [0.3, 0.4) is 0 Å². The van der Waals surface area contributed by atoms with E-state index in [9.17, 15) is 19.2 Å². The number of carbonyl (C=O) groups excluding carboxylic acids is 1. The lowest BCUT2D eigenvalue weighted by molar-refractivity contribution is -0.121. The Labute approximate surface area is 155 Å². The summed E-state index contributed by atoms with van der Waals surface area (Å²) in [6, 6.07) is 8.06. The van der Waals surface area contributed by atoms with Crippen LogP contribution in [0.1, 0.15) is 47.2 Å². The Morgan fingerprint density at radius 3 is 2.48 bits per heavy atom. The summed E-state index contributed by atoms with van der Waals surface area (Å²) in [6.45, 7) is 4.23. The first-order valence-electron chi connectivity index (χ1n) is 8.72. The third-order valence-corrected chi connectivity index (χ3v) is 4.39. The van der Waals surface area contributed by atoms with Crippen LogP contribution >= 0.6 is 0 Å². The maximum Gasteiger partial charge on any atom is 0.342 e. The first-order chi connectivity index (χ1) is 12.8. The molecule has 0 bridgehead atoms. The standard InChI is InChI=1S/C19H23N3O5/c1-3-13(14-6-4-12(2)5-7-14)10-16(23)20-8-9-22-11-15(18(25)26)17(24)21-19(22)27/h4-7,11,13H,3,8-10H2,1-2H3,(H,20,23)(H,25,26)(H,21,24,27). The van der Waals surface area contributed by atoms with E-state index in [4.69, 9.17) is 5.11 Å². The number of rotatable bonds is 8. The number of amides is 1. The predicted octanol–water partition coefficient (Wildman–Crippen LogP) is 1.24. The van der Waals surface area contributed by atoms with Crippen LogP contribution < -0.4 is 16.6 Å². The van der Waals surface area contributed by atoms with Crippen molar-refractivity contribution in [1.82, 2.24) is 14.9 Å². The number of aromatic carboxylic acids is 1. The average Bonchev–Trinajstić information content (AvgIpc) is 2.62. The first-order valence-corrected chi connectivity index (χ1v) is 8.72. The Morgan fingerprint density at radius 1 is 1.22 bits per heavy atom. The van der Waals surface area contributed by atoms with Gasteiger partial charge in [-0.2, -0.15) is 0 Å². The molecule has 1 unspecified atom stereocenters. The van der Waals surface area contributed by atoms with Crippen molar-refractivity contribution in [2.75, 3.05) is 6.54 Å². The van der Waals surface area contributed by atoms with Crippen LogP contribution in [-0.2, 0) is 11.3 Å². The Hall–Kier alpha value is -3.16. The fourth-order valence-corrected chi connectivity index (χ4v) is 2.78. The lowest BCUT2D eigenvalue weighted by atomic mass is 9.92. The largest absolute Gasteiger partial charge is 0.477 e. The SMILES string of the molecule is CCC(CC(=O)NCCn1cc(C(=O)O)c(=O)[nH]c1=O)c1ccc(C)cc1. The number of benzene rings is 1. The van der Waals surface area contributed by atoms with E-state index in [1.807, 2.05) is 43.1 Å². The molecule has 0 aliphatic heterocycles. The molecule has 1 aromatic heterocycles. The van der Waals surface area contributed by atoms with E-state index in [0.717, 1.165) is 28.3 Å². The molecule has 0 aliphatic rings. The molecule has 0 radical (unpaired) electrons. The molecule has 8 nitrogen and oxygen atoms in total. The number of nitrogens with one attached hydrogen (secondary N) is 2. The van der Waals surface area contributed by atoms with E-state index in [-0.39, 0.29) is 24.9 Å². The van der Waals surface area contributed by atoms with Gasteiger partial charge < -0.3 is 10.4 Å². The van der Waals surface area contributed by atoms with Crippen molar-refractivity contribution in [2.24, 2.45) is 0 Å². The lowest BCUT2D eigenvalue weighted by Gasteiger charge is -2.15. The summed E-state index contributed by atoms with van der Waals surface area (Å²) >= 11 is 0. The minimum Gasteiger partial charge on any atom is -0.477 e. The number of carboxylic acid groups (broad SMARTS) is 1. The zero-order valence-electron chi connectivity index (χ0n) is 15.3. The lowest BCUT2D eigenvalue weighted by Crippen LogP contribution is -2.36. The Morgan fingerprint density at radius 2 is 1.89 bits per heavy atom. The summed E-state index contributed by atoms with van der Waals surface area (Å²) in [5.74, 6) is -1.48. The summed E-state index contributed by atoms with van der Waals surface area (Å²) in [5, 5.41) is 11.7. The molecular weight excluding hydrogens is 350 g/mol. The van der Waals surface area contributed by atoms with Crippen molar-refractivity contribution >= 4 is 11.9 Å². The molecule has 1 atom stereocenters. The van der Waals surface area contributed by atoms with Gasteiger partial charge in [0.15, 0.2) is 0 Å². The highest BCUT2D eigenvalue weighted by Gasteiger charge is 2.15. The fraction of sp³-hybridized carbons (Fsp3) is 0.368. The highest BCUT2D eigenvalue weighted by Crippen LogP contribution is 2.23. The quantitative estimate of drug-likeness (QED) is 0.643. The molecule has 0 aliphatic carbocycles. The number of hydrogen-bond donors (Lipinski definition) is 3. The van der Waals surface area contributed by atoms with E-state index in [0.29, 0.717) is 6.42 Å². The molecule has 0 spiro atoms. The molecule has 1 heterocycles. The number of carboxylic acids is 1. The molecule has 0 fully saturated rings. The Bertz CT molecular complexity index is 928. The summed E-state index contributed by atoms with van der Waals surface area (Å²) < 4.78 is 1.06. The number of aryl methyl sites for hydroxylation is 1. The van der Waals surface area contributed by atoms with Crippen LogP contribution in [0.5, 0.6) is 0 Å². The van der Waals surface area contributed by atoms with Crippen molar-refractivity contribution in [1.29, 1.82) is 0 Å². The zero-order chi connectivity index (χ0) is 20.0. The van der Waals surface area contributed by atoms with Gasteiger partial charge in [0.05, 0.1) is 0 Å². The minimum absolute atomic E-state index is 0.0585. The number of nitrogens with zero attached hydrogens (tertiary/aromatic N) is 1. The zero-order valence-corrected chi connectivity index (χ0v) is 15.3. The van der Waals surface area contributed by atoms with Gasteiger partial charge in [-0.25, -0.2) is 9.59 Å². The van der Waals surface area contributed by atoms with Crippen LogP contribution in [-0.4, -0.2) is 33.1 Å².